The average Bonchev–Trinajstić information content (AvgIpc) is 3.33. The van der Waals surface area contributed by atoms with Crippen molar-refractivity contribution in [1.82, 2.24) is 15.1 Å². The molecule has 1 aliphatic rings. The minimum atomic E-state index is -0.104. The van der Waals surface area contributed by atoms with Gasteiger partial charge in [0.05, 0.1) is 19.4 Å². The highest BCUT2D eigenvalue weighted by atomic mass is 16.5. The maximum Gasteiger partial charge on any atom is 0.274 e. The summed E-state index contributed by atoms with van der Waals surface area (Å²) in [6.07, 6.45) is 1.48. The van der Waals surface area contributed by atoms with Gasteiger partial charge in [-0.2, -0.15) is 5.10 Å². The third-order valence-corrected chi connectivity index (χ3v) is 4.11. The summed E-state index contributed by atoms with van der Waals surface area (Å²) in [6, 6.07) is 15.3. The van der Waals surface area contributed by atoms with Crippen molar-refractivity contribution in [1.29, 1.82) is 0 Å². The predicted molar refractivity (Wildman–Crippen MR) is 87.3 cm³/mol. The number of H-pyrrole nitrogens is 1. The molecule has 122 valence electrons. The SMILES string of the molecule is O=C(c1cc(-c2ccco2)[nH]n1)N1CCO[C@H](c2ccccc2)C1. The third-order valence-electron chi connectivity index (χ3n) is 4.11. The number of carbonyl (C=O) groups is 1. The summed E-state index contributed by atoms with van der Waals surface area (Å²) in [5.74, 6) is 0.555. The van der Waals surface area contributed by atoms with Gasteiger partial charge in [-0.25, -0.2) is 0 Å². The van der Waals surface area contributed by atoms with Gasteiger partial charge < -0.3 is 14.1 Å². The second kappa shape index (κ2) is 6.33. The first-order valence-corrected chi connectivity index (χ1v) is 7.86. The Morgan fingerprint density at radius 3 is 2.88 bits per heavy atom. The first-order valence-electron chi connectivity index (χ1n) is 7.86. The molecule has 1 aliphatic heterocycles. The molecule has 3 heterocycles. The van der Waals surface area contributed by atoms with Gasteiger partial charge in [-0.1, -0.05) is 30.3 Å². The summed E-state index contributed by atoms with van der Waals surface area (Å²) in [6.45, 7) is 1.59. The van der Waals surface area contributed by atoms with Crippen LogP contribution in [0.3, 0.4) is 0 Å². The Hall–Kier alpha value is -2.86. The van der Waals surface area contributed by atoms with E-state index in [0.29, 0.717) is 36.8 Å². The highest BCUT2D eigenvalue weighted by Crippen LogP contribution is 2.24. The maximum atomic E-state index is 12.7. The number of benzene rings is 1. The third kappa shape index (κ3) is 2.83. The van der Waals surface area contributed by atoms with Crippen LogP contribution in [-0.2, 0) is 4.74 Å². The van der Waals surface area contributed by atoms with Crippen molar-refractivity contribution >= 4 is 5.91 Å². The van der Waals surface area contributed by atoms with Crippen molar-refractivity contribution in [3.63, 3.8) is 0 Å². The van der Waals surface area contributed by atoms with E-state index >= 15 is 0 Å². The molecule has 4 rings (SSSR count). The van der Waals surface area contributed by atoms with Crippen molar-refractivity contribution in [2.24, 2.45) is 0 Å². The predicted octanol–water partition coefficient (Wildman–Crippen LogP) is 2.88. The largest absolute Gasteiger partial charge is 0.463 e. The zero-order valence-corrected chi connectivity index (χ0v) is 13.0. The Labute approximate surface area is 139 Å². The van der Waals surface area contributed by atoms with Gasteiger partial charge in [-0.15, -0.1) is 0 Å². The van der Waals surface area contributed by atoms with Gasteiger partial charge >= 0.3 is 0 Å². The molecule has 6 nitrogen and oxygen atoms in total. The van der Waals surface area contributed by atoms with E-state index in [9.17, 15) is 4.79 Å². The molecular formula is C18H17N3O3. The average molecular weight is 323 g/mol. The van der Waals surface area contributed by atoms with E-state index in [1.54, 1.807) is 23.3 Å². The number of hydrogen-bond acceptors (Lipinski definition) is 4. The molecule has 1 saturated heterocycles. The van der Waals surface area contributed by atoms with E-state index in [-0.39, 0.29) is 12.0 Å². The second-order valence-electron chi connectivity index (χ2n) is 5.67. The van der Waals surface area contributed by atoms with Crippen LogP contribution in [0.25, 0.3) is 11.5 Å². The molecule has 0 bridgehead atoms. The van der Waals surface area contributed by atoms with Crippen LogP contribution < -0.4 is 0 Å². The highest BCUT2D eigenvalue weighted by molar-refractivity contribution is 5.93. The highest BCUT2D eigenvalue weighted by Gasteiger charge is 2.27. The van der Waals surface area contributed by atoms with Crippen LogP contribution in [0.4, 0.5) is 0 Å². The maximum absolute atomic E-state index is 12.7. The van der Waals surface area contributed by atoms with Gasteiger partial charge in [0, 0.05) is 12.6 Å². The van der Waals surface area contributed by atoms with Crippen LogP contribution in [0.1, 0.15) is 22.2 Å². The molecule has 1 N–H and O–H groups in total. The van der Waals surface area contributed by atoms with E-state index in [1.165, 1.54) is 0 Å². The molecule has 2 aromatic heterocycles. The van der Waals surface area contributed by atoms with Crippen LogP contribution in [0.5, 0.6) is 0 Å². The summed E-state index contributed by atoms with van der Waals surface area (Å²) >= 11 is 0. The Morgan fingerprint density at radius 1 is 1.21 bits per heavy atom. The summed E-state index contributed by atoms with van der Waals surface area (Å²) in [5, 5.41) is 6.98. The summed E-state index contributed by atoms with van der Waals surface area (Å²) < 4.78 is 11.1. The van der Waals surface area contributed by atoms with E-state index in [2.05, 4.69) is 10.2 Å². The van der Waals surface area contributed by atoms with E-state index in [1.807, 2.05) is 36.4 Å². The van der Waals surface area contributed by atoms with Gasteiger partial charge in [-0.3, -0.25) is 9.89 Å². The Balaban J connectivity index is 1.50. The van der Waals surface area contributed by atoms with E-state index in [0.717, 1.165) is 5.56 Å². The topological polar surface area (TPSA) is 71.4 Å². The molecule has 0 radical (unpaired) electrons. The number of ether oxygens (including phenoxy) is 1. The number of aromatic amines is 1. The van der Waals surface area contributed by atoms with Crippen LogP contribution in [0, 0.1) is 0 Å². The Morgan fingerprint density at radius 2 is 2.08 bits per heavy atom. The van der Waals surface area contributed by atoms with Gasteiger partial charge in [0.1, 0.15) is 11.8 Å². The number of nitrogens with one attached hydrogen (secondary N) is 1. The van der Waals surface area contributed by atoms with Crippen molar-refractivity contribution in [3.8, 4) is 11.5 Å². The lowest BCUT2D eigenvalue weighted by atomic mass is 10.1. The van der Waals surface area contributed by atoms with E-state index in [4.69, 9.17) is 9.15 Å². The molecule has 1 amide bonds. The van der Waals surface area contributed by atoms with Crippen molar-refractivity contribution in [2.75, 3.05) is 19.7 Å². The van der Waals surface area contributed by atoms with Crippen molar-refractivity contribution in [3.05, 3.63) is 66.1 Å². The molecule has 24 heavy (non-hydrogen) atoms. The number of furan rings is 1. The van der Waals surface area contributed by atoms with Crippen LogP contribution in [0.15, 0.2) is 59.2 Å². The van der Waals surface area contributed by atoms with Gasteiger partial charge in [0.25, 0.3) is 5.91 Å². The minimum absolute atomic E-state index is 0.103. The Bertz CT molecular complexity index is 811. The molecule has 0 saturated carbocycles. The molecule has 1 atom stereocenters. The first kappa shape index (κ1) is 14.7. The van der Waals surface area contributed by atoms with Gasteiger partial charge in [-0.05, 0) is 17.7 Å². The molecule has 6 heteroatoms. The molecule has 0 spiro atoms. The molecule has 0 unspecified atom stereocenters. The number of morpholine rings is 1. The Kier molecular flexibility index (Phi) is 3.88. The van der Waals surface area contributed by atoms with E-state index < -0.39 is 0 Å². The number of rotatable bonds is 3. The van der Waals surface area contributed by atoms with Gasteiger partial charge in [0.15, 0.2) is 11.5 Å². The summed E-state index contributed by atoms with van der Waals surface area (Å²) in [7, 11) is 0. The molecule has 1 fully saturated rings. The normalized spacial score (nSPS) is 17.8. The number of carbonyl (C=O) groups excluding carboxylic acids is 1. The van der Waals surface area contributed by atoms with Crippen molar-refractivity contribution < 1.29 is 13.9 Å². The fraction of sp³-hybridized carbons (Fsp3) is 0.222. The lowest BCUT2D eigenvalue weighted by Gasteiger charge is -2.32. The monoisotopic (exact) mass is 323 g/mol. The molecular weight excluding hydrogens is 306 g/mol. The zero-order valence-electron chi connectivity index (χ0n) is 13.0. The smallest absolute Gasteiger partial charge is 0.274 e. The van der Waals surface area contributed by atoms with Crippen molar-refractivity contribution in [2.45, 2.75) is 6.10 Å². The lowest BCUT2D eigenvalue weighted by molar-refractivity contribution is -0.0230. The summed E-state index contributed by atoms with van der Waals surface area (Å²) in [4.78, 5) is 14.5. The number of hydrogen-bond donors (Lipinski definition) is 1. The number of amides is 1. The van der Waals surface area contributed by atoms with Gasteiger partial charge in [0.2, 0.25) is 0 Å². The molecule has 1 aromatic carbocycles. The summed E-state index contributed by atoms with van der Waals surface area (Å²) in [5.41, 5.74) is 2.15. The van der Waals surface area contributed by atoms with Crippen LogP contribution >= 0.6 is 0 Å². The first-order chi connectivity index (χ1) is 11.8. The molecule has 0 aliphatic carbocycles. The zero-order chi connectivity index (χ0) is 16.4. The van der Waals surface area contributed by atoms with Crippen LogP contribution in [0.2, 0.25) is 0 Å². The minimum Gasteiger partial charge on any atom is -0.463 e. The standard InChI is InChI=1S/C18H17N3O3/c22-18(15-11-14(19-20-15)16-7-4-9-23-16)21-8-10-24-17(12-21)13-5-2-1-3-6-13/h1-7,9,11,17H,8,10,12H2,(H,19,20)/t17-/m0/s1. The fourth-order valence-electron chi connectivity index (χ4n) is 2.85. The molecule has 3 aromatic rings. The second-order valence-corrected chi connectivity index (χ2v) is 5.67. The number of aromatic nitrogens is 2. The fourth-order valence-corrected chi connectivity index (χ4v) is 2.85. The lowest BCUT2D eigenvalue weighted by Crippen LogP contribution is -2.42. The quantitative estimate of drug-likeness (QED) is 0.804. The van der Waals surface area contributed by atoms with Crippen LogP contribution in [-0.4, -0.2) is 40.7 Å². The number of nitrogens with zero attached hydrogens (tertiary/aromatic N) is 2.